The van der Waals surface area contributed by atoms with Gasteiger partial charge in [-0.05, 0) is 25.7 Å². The lowest BCUT2D eigenvalue weighted by Crippen LogP contribution is -2.09. The lowest BCUT2D eigenvalue weighted by atomic mass is 10.0. The molecule has 0 aromatic heterocycles. The molecule has 2 heteroatoms. The summed E-state index contributed by atoms with van der Waals surface area (Å²) in [5, 5.41) is 0. The molecule has 84 valence electrons. The van der Waals surface area contributed by atoms with Crippen LogP contribution in [0.3, 0.4) is 0 Å². The molecule has 0 saturated heterocycles. The summed E-state index contributed by atoms with van der Waals surface area (Å²) < 4.78 is 5.57. The summed E-state index contributed by atoms with van der Waals surface area (Å²) in [5.41, 5.74) is 0. The highest BCUT2D eigenvalue weighted by molar-refractivity contribution is 5.48. The van der Waals surface area contributed by atoms with Crippen LogP contribution in [0.25, 0.3) is 0 Å². The molecule has 14 heavy (non-hydrogen) atoms. The summed E-state index contributed by atoms with van der Waals surface area (Å²) in [4.78, 5) is 10.0. The van der Waals surface area contributed by atoms with Crippen molar-refractivity contribution in [3.05, 3.63) is 0 Å². The van der Waals surface area contributed by atoms with Crippen molar-refractivity contribution < 1.29 is 9.53 Å². The summed E-state index contributed by atoms with van der Waals surface area (Å²) >= 11 is 0. The van der Waals surface area contributed by atoms with Crippen LogP contribution in [0.2, 0.25) is 0 Å². The number of carbonyl (C=O) groups is 1. The van der Waals surface area contributed by atoms with Gasteiger partial charge >= 0.3 is 0 Å². The molecule has 0 N–H and O–H groups in total. The Bertz CT molecular complexity index is 132. The number of rotatable bonds is 9. The van der Waals surface area contributed by atoms with Gasteiger partial charge in [0.25, 0.3) is 0 Å². The highest BCUT2D eigenvalue weighted by atomic mass is 16.5. The maximum absolute atomic E-state index is 10.0. The smallest absolute Gasteiger partial charge is 0.120 e. The van der Waals surface area contributed by atoms with Gasteiger partial charge in [-0.2, -0.15) is 0 Å². The average Bonchev–Trinajstić information content (AvgIpc) is 2.12. The van der Waals surface area contributed by atoms with E-state index in [-0.39, 0.29) is 0 Å². The minimum atomic E-state index is 0.348. The summed E-state index contributed by atoms with van der Waals surface area (Å²) in [6.07, 6.45) is 6.44. The van der Waals surface area contributed by atoms with Crippen molar-refractivity contribution >= 4 is 6.29 Å². The Balaban J connectivity index is 3.19. The zero-order valence-corrected chi connectivity index (χ0v) is 9.79. The average molecular weight is 200 g/mol. The number of carbonyl (C=O) groups excluding carboxylic acids is 1. The van der Waals surface area contributed by atoms with Gasteiger partial charge in [0.1, 0.15) is 6.29 Å². The van der Waals surface area contributed by atoms with Gasteiger partial charge in [0, 0.05) is 13.0 Å². The predicted octanol–water partition coefficient (Wildman–Crippen LogP) is 3.20. The third-order valence-electron chi connectivity index (χ3n) is 2.26. The van der Waals surface area contributed by atoms with Crippen LogP contribution in [0, 0.1) is 5.92 Å². The van der Waals surface area contributed by atoms with Crippen molar-refractivity contribution in [1.82, 2.24) is 0 Å². The van der Waals surface area contributed by atoms with E-state index in [1.54, 1.807) is 0 Å². The number of aldehydes is 1. The molecule has 0 amide bonds. The molecular weight excluding hydrogens is 176 g/mol. The first-order chi connectivity index (χ1) is 6.66. The highest BCUT2D eigenvalue weighted by Crippen LogP contribution is 2.10. The standard InChI is InChI=1S/C12H24O2/c1-11(2)7-6-8-12(3)14-10-5-4-9-13/h9,11-12H,4-8,10H2,1-3H3/t12-/m1/s1. The second kappa shape index (κ2) is 9.20. The molecule has 0 aliphatic rings. The number of hydrogen-bond acceptors (Lipinski definition) is 2. The minimum Gasteiger partial charge on any atom is -0.378 e. The van der Waals surface area contributed by atoms with E-state index in [1.807, 2.05) is 0 Å². The zero-order valence-electron chi connectivity index (χ0n) is 9.79. The van der Waals surface area contributed by atoms with Gasteiger partial charge in [0.15, 0.2) is 0 Å². The Kier molecular flexibility index (Phi) is 8.95. The van der Waals surface area contributed by atoms with Crippen LogP contribution in [-0.2, 0) is 9.53 Å². The van der Waals surface area contributed by atoms with E-state index >= 15 is 0 Å². The Hall–Kier alpha value is -0.370. The maximum Gasteiger partial charge on any atom is 0.120 e. The van der Waals surface area contributed by atoms with E-state index in [4.69, 9.17) is 4.74 Å². The molecule has 0 radical (unpaired) electrons. The summed E-state index contributed by atoms with van der Waals surface area (Å²) in [6, 6.07) is 0. The third-order valence-corrected chi connectivity index (χ3v) is 2.26. The molecule has 1 atom stereocenters. The zero-order chi connectivity index (χ0) is 10.8. The van der Waals surface area contributed by atoms with Gasteiger partial charge in [-0.3, -0.25) is 0 Å². The molecule has 0 heterocycles. The monoisotopic (exact) mass is 200 g/mol. The van der Waals surface area contributed by atoms with Gasteiger partial charge in [0.05, 0.1) is 6.10 Å². The maximum atomic E-state index is 10.0. The minimum absolute atomic E-state index is 0.348. The highest BCUT2D eigenvalue weighted by Gasteiger charge is 2.02. The fourth-order valence-corrected chi connectivity index (χ4v) is 1.35. The molecule has 2 nitrogen and oxygen atoms in total. The van der Waals surface area contributed by atoms with Crippen molar-refractivity contribution in [2.24, 2.45) is 5.92 Å². The van der Waals surface area contributed by atoms with Gasteiger partial charge in [-0.15, -0.1) is 0 Å². The molecule has 0 bridgehead atoms. The van der Waals surface area contributed by atoms with E-state index < -0.39 is 0 Å². The van der Waals surface area contributed by atoms with E-state index in [2.05, 4.69) is 20.8 Å². The summed E-state index contributed by atoms with van der Waals surface area (Å²) in [5.74, 6) is 0.789. The van der Waals surface area contributed by atoms with Crippen LogP contribution in [0.5, 0.6) is 0 Å². The normalized spacial score (nSPS) is 13.1. The van der Waals surface area contributed by atoms with Gasteiger partial charge < -0.3 is 9.53 Å². The largest absolute Gasteiger partial charge is 0.378 e. The van der Waals surface area contributed by atoms with Crippen molar-refractivity contribution in [2.45, 2.75) is 59.0 Å². The molecule has 0 fully saturated rings. The molecule has 0 aromatic carbocycles. The SMILES string of the molecule is CC(C)CCC[C@@H](C)OCCCC=O. The molecule has 0 aliphatic heterocycles. The van der Waals surface area contributed by atoms with Crippen LogP contribution < -0.4 is 0 Å². The number of unbranched alkanes of at least 4 members (excludes halogenated alkanes) is 1. The lowest BCUT2D eigenvalue weighted by molar-refractivity contribution is -0.108. The second-order valence-electron chi connectivity index (χ2n) is 4.32. The van der Waals surface area contributed by atoms with Crippen molar-refractivity contribution in [3.63, 3.8) is 0 Å². The Labute approximate surface area is 88.0 Å². The van der Waals surface area contributed by atoms with Gasteiger partial charge in [-0.25, -0.2) is 0 Å². The van der Waals surface area contributed by atoms with Crippen LogP contribution in [0.1, 0.15) is 52.9 Å². The first-order valence-electron chi connectivity index (χ1n) is 5.72. The molecule has 0 rings (SSSR count). The van der Waals surface area contributed by atoms with E-state index in [0.29, 0.717) is 12.5 Å². The fourth-order valence-electron chi connectivity index (χ4n) is 1.35. The topological polar surface area (TPSA) is 26.3 Å². The van der Waals surface area contributed by atoms with Crippen LogP contribution >= 0.6 is 0 Å². The fraction of sp³-hybridized carbons (Fsp3) is 0.917. The number of ether oxygens (including phenoxy) is 1. The van der Waals surface area contributed by atoms with Crippen LogP contribution in [0.4, 0.5) is 0 Å². The summed E-state index contributed by atoms with van der Waals surface area (Å²) in [7, 11) is 0. The predicted molar refractivity (Wildman–Crippen MR) is 59.4 cm³/mol. The van der Waals surface area contributed by atoms with Gasteiger partial charge in [0.2, 0.25) is 0 Å². The summed E-state index contributed by atoms with van der Waals surface area (Å²) in [6.45, 7) is 7.33. The van der Waals surface area contributed by atoms with E-state index in [9.17, 15) is 4.79 Å². The second-order valence-corrected chi connectivity index (χ2v) is 4.32. The third kappa shape index (κ3) is 9.72. The number of hydrogen-bond donors (Lipinski definition) is 0. The first-order valence-corrected chi connectivity index (χ1v) is 5.72. The molecule has 0 saturated carbocycles. The van der Waals surface area contributed by atoms with Crippen LogP contribution in [0.15, 0.2) is 0 Å². The lowest BCUT2D eigenvalue weighted by Gasteiger charge is -2.13. The van der Waals surface area contributed by atoms with E-state index in [0.717, 1.165) is 31.7 Å². The van der Waals surface area contributed by atoms with Gasteiger partial charge in [-0.1, -0.05) is 26.7 Å². The molecule has 0 aliphatic carbocycles. The van der Waals surface area contributed by atoms with E-state index in [1.165, 1.54) is 12.8 Å². The van der Waals surface area contributed by atoms with Crippen molar-refractivity contribution in [2.75, 3.05) is 6.61 Å². The van der Waals surface area contributed by atoms with Crippen molar-refractivity contribution in [1.29, 1.82) is 0 Å². The molecule has 0 aromatic rings. The Morgan fingerprint density at radius 3 is 2.43 bits per heavy atom. The first kappa shape index (κ1) is 13.6. The van der Waals surface area contributed by atoms with Crippen LogP contribution in [-0.4, -0.2) is 19.0 Å². The quantitative estimate of drug-likeness (QED) is 0.422. The Morgan fingerprint density at radius 2 is 1.86 bits per heavy atom. The molecule has 0 unspecified atom stereocenters. The molecular formula is C12H24O2. The Morgan fingerprint density at radius 1 is 1.14 bits per heavy atom. The molecule has 0 spiro atoms. The van der Waals surface area contributed by atoms with Crippen molar-refractivity contribution in [3.8, 4) is 0 Å².